The van der Waals surface area contributed by atoms with Gasteiger partial charge in [-0.2, -0.15) is 0 Å². The van der Waals surface area contributed by atoms with Gasteiger partial charge in [0, 0.05) is 37.4 Å². The summed E-state index contributed by atoms with van der Waals surface area (Å²) in [6.45, 7) is 5.62. The van der Waals surface area contributed by atoms with Gasteiger partial charge in [-0.15, -0.1) is 11.3 Å². The fourth-order valence-corrected chi connectivity index (χ4v) is 3.89. The van der Waals surface area contributed by atoms with Crippen LogP contribution < -0.4 is 20.3 Å². The molecule has 0 radical (unpaired) electrons. The number of piperidine rings is 1. The molecule has 0 saturated carbocycles. The van der Waals surface area contributed by atoms with E-state index >= 15 is 0 Å². The number of thiophene rings is 1. The van der Waals surface area contributed by atoms with Gasteiger partial charge in [0.2, 0.25) is 5.88 Å². The summed E-state index contributed by atoms with van der Waals surface area (Å²) in [7, 11) is 1.64. The second-order valence-electron chi connectivity index (χ2n) is 6.22. The average molecular weight is 374 g/mol. The van der Waals surface area contributed by atoms with Gasteiger partial charge in [0.1, 0.15) is 0 Å². The number of pyridine rings is 1. The van der Waals surface area contributed by atoms with Crippen LogP contribution in [0.25, 0.3) is 0 Å². The van der Waals surface area contributed by atoms with Crippen molar-refractivity contribution < 1.29 is 4.74 Å². The Bertz CT molecular complexity index is 696. The fourth-order valence-electron chi connectivity index (χ4n) is 3.10. The molecule has 3 rings (SSSR count). The Balaban J connectivity index is 1.56. The minimum atomic E-state index is 0.444. The normalized spacial score (nSPS) is 15.8. The summed E-state index contributed by atoms with van der Waals surface area (Å²) in [5.41, 5.74) is 0.986. The number of rotatable bonds is 6. The third kappa shape index (κ3) is 4.88. The molecule has 7 heteroatoms. The molecule has 0 aromatic carbocycles. The minimum absolute atomic E-state index is 0.444. The van der Waals surface area contributed by atoms with Gasteiger partial charge in [0.25, 0.3) is 0 Å². The first-order chi connectivity index (χ1) is 12.8. The van der Waals surface area contributed by atoms with E-state index in [4.69, 9.17) is 9.73 Å². The first kappa shape index (κ1) is 18.5. The number of ether oxygens (including phenoxy) is 1. The largest absolute Gasteiger partial charge is 0.481 e. The molecule has 2 aromatic rings. The summed E-state index contributed by atoms with van der Waals surface area (Å²) in [4.78, 5) is 11.4. The van der Waals surface area contributed by atoms with Crippen molar-refractivity contribution in [1.82, 2.24) is 15.6 Å². The van der Waals surface area contributed by atoms with Crippen molar-refractivity contribution in [3.63, 3.8) is 0 Å². The van der Waals surface area contributed by atoms with Crippen molar-refractivity contribution in [2.75, 3.05) is 31.6 Å². The van der Waals surface area contributed by atoms with Crippen molar-refractivity contribution in [1.29, 1.82) is 0 Å². The lowest BCUT2D eigenvalue weighted by Crippen LogP contribution is -2.48. The lowest BCUT2D eigenvalue weighted by molar-refractivity contribution is 0.392. The van der Waals surface area contributed by atoms with Crippen LogP contribution in [0.4, 0.5) is 5.00 Å². The molecule has 2 N–H and O–H groups in total. The van der Waals surface area contributed by atoms with Crippen LogP contribution in [0.15, 0.2) is 40.8 Å². The quantitative estimate of drug-likeness (QED) is 0.602. The number of nitrogens with one attached hydrogen (secondary N) is 2. The predicted octanol–water partition coefficient (Wildman–Crippen LogP) is 2.88. The van der Waals surface area contributed by atoms with E-state index in [1.165, 1.54) is 5.00 Å². The molecule has 1 saturated heterocycles. The number of methoxy groups -OCH3 is 1. The summed E-state index contributed by atoms with van der Waals surface area (Å²) < 4.78 is 5.31. The van der Waals surface area contributed by atoms with E-state index in [0.717, 1.165) is 44.0 Å². The van der Waals surface area contributed by atoms with Crippen molar-refractivity contribution in [3.8, 4) is 5.88 Å². The third-order valence-electron chi connectivity index (χ3n) is 4.45. The molecule has 1 fully saturated rings. The fraction of sp³-hybridized carbons (Fsp3) is 0.474. The van der Waals surface area contributed by atoms with Crippen LogP contribution in [-0.4, -0.2) is 43.7 Å². The summed E-state index contributed by atoms with van der Waals surface area (Å²) in [6.07, 6.45) is 3.95. The highest BCUT2D eigenvalue weighted by Crippen LogP contribution is 2.24. The van der Waals surface area contributed by atoms with Crippen molar-refractivity contribution in [2.24, 2.45) is 4.99 Å². The van der Waals surface area contributed by atoms with Crippen LogP contribution in [0, 0.1) is 0 Å². The molecule has 140 valence electrons. The van der Waals surface area contributed by atoms with Crippen molar-refractivity contribution >= 4 is 22.3 Å². The van der Waals surface area contributed by atoms with E-state index in [9.17, 15) is 0 Å². The van der Waals surface area contributed by atoms with Crippen molar-refractivity contribution in [3.05, 3.63) is 41.4 Å². The van der Waals surface area contributed by atoms with Gasteiger partial charge in [-0.1, -0.05) is 6.07 Å². The van der Waals surface area contributed by atoms with Gasteiger partial charge in [-0.05, 0) is 43.3 Å². The van der Waals surface area contributed by atoms with E-state index in [-0.39, 0.29) is 0 Å². The van der Waals surface area contributed by atoms with Gasteiger partial charge in [0.15, 0.2) is 5.96 Å². The summed E-state index contributed by atoms with van der Waals surface area (Å²) in [6, 6.07) is 8.67. The lowest BCUT2D eigenvalue weighted by atomic mass is 10.1. The molecule has 1 aliphatic rings. The minimum Gasteiger partial charge on any atom is -0.481 e. The molecule has 3 heterocycles. The van der Waals surface area contributed by atoms with Gasteiger partial charge in [-0.3, -0.25) is 0 Å². The Morgan fingerprint density at radius 2 is 2.19 bits per heavy atom. The van der Waals surface area contributed by atoms with Crippen LogP contribution >= 0.6 is 11.3 Å². The van der Waals surface area contributed by atoms with E-state index in [1.807, 2.05) is 23.5 Å². The standard InChI is InChI=1S/C19H27N5OS/c1-3-20-19(22-14-15-6-4-10-21-18(15)25-2)23-16-8-11-24(12-9-16)17-7-5-13-26-17/h4-7,10,13,16H,3,8-9,11-12,14H2,1-2H3,(H2,20,22,23). The predicted molar refractivity (Wildman–Crippen MR) is 108 cm³/mol. The molecule has 0 unspecified atom stereocenters. The molecule has 0 atom stereocenters. The highest BCUT2D eigenvalue weighted by atomic mass is 32.1. The maximum Gasteiger partial charge on any atom is 0.218 e. The van der Waals surface area contributed by atoms with E-state index in [1.54, 1.807) is 13.3 Å². The average Bonchev–Trinajstić information content (AvgIpc) is 3.22. The summed E-state index contributed by atoms with van der Waals surface area (Å²) in [5.74, 6) is 1.49. The second kappa shape index (κ2) is 9.43. The zero-order chi connectivity index (χ0) is 18.2. The number of guanidine groups is 1. The highest BCUT2D eigenvalue weighted by molar-refractivity contribution is 7.14. The summed E-state index contributed by atoms with van der Waals surface area (Å²) >= 11 is 1.81. The molecule has 2 aromatic heterocycles. The van der Waals surface area contributed by atoms with E-state index < -0.39 is 0 Å². The Morgan fingerprint density at radius 1 is 1.35 bits per heavy atom. The number of nitrogens with zero attached hydrogens (tertiary/aromatic N) is 3. The van der Waals surface area contributed by atoms with Crippen molar-refractivity contribution in [2.45, 2.75) is 32.4 Å². The van der Waals surface area contributed by atoms with Gasteiger partial charge in [-0.25, -0.2) is 9.98 Å². The first-order valence-corrected chi connectivity index (χ1v) is 9.99. The smallest absolute Gasteiger partial charge is 0.218 e. The summed E-state index contributed by atoms with van der Waals surface area (Å²) in [5, 5.41) is 10.4. The van der Waals surface area contributed by atoms with E-state index in [0.29, 0.717) is 18.5 Å². The molecule has 26 heavy (non-hydrogen) atoms. The number of hydrogen-bond donors (Lipinski definition) is 2. The monoisotopic (exact) mass is 373 g/mol. The maximum absolute atomic E-state index is 5.31. The topological polar surface area (TPSA) is 61.8 Å². The molecule has 6 nitrogen and oxygen atoms in total. The van der Waals surface area contributed by atoms with E-state index in [2.05, 4.69) is 45.0 Å². The molecule has 0 amide bonds. The number of aromatic nitrogens is 1. The molecule has 0 aliphatic carbocycles. The van der Waals surface area contributed by atoms with Gasteiger partial charge in [0.05, 0.1) is 18.7 Å². The molecule has 0 spiro atoms. The number of hydrogen-bond acceptors (Lipinski definition) is 5. The molecular formula is C19H27N5OS. The number of aliphatic imine (C=N–C) groups is 1. The third-order valence-corrected chi connectivity index (χ3v) is 5.38. The Labute approximate surface area is 159 Å². The van der Waals surface area contributed by atoms with Gasteiger partial charge < -0.3 is 20.3 Å². The molecule has 0 bridgehead atoms. The molecular weight excluding hydrogens is 346 g/mol. The molecule has 1 aliphatic heterocycles. The van der Waals surface area contributed by atoms with Crippen LogP contribution in [0.3, 0.4) is 0 Å². The van der Waals surface area contributed by atoms with Crippen LogP contribution in [0.1, 0.15) is 25.3 Å². The highest BCUT2D eigenvalue weighted by Gasteiger charge is 2.20. The SMILES string of the molecule is CCNC(=NCc1cccnc1OC)NC1CCN(c2cccs2)CC1. The Kier molecular flexibility index (Phi) is 6.71. The zero-order valence-electron chi connectivity index (χ0n) is 15.4. The maximum atomic E-state index is 5.31. The van der Waals surface area contributed by atoms with Crippen LogP contribution in [0.2, 0.25) is 0 Å². The van der Waals surface area contributed by atoms with Gasteiger partial charge >= 0.3 is 0 Å². The second-order valence-corrected chi connectivity index (χ2v) is 7.15. The lowest BCUT2D eigenvalue weighted by Gasteiger charge is -2.33. The Hall–Kier alpha value is -2.28. The zero-order valence-corrected chi connectivity index (χ0v) is 16.3. The van der Waals surface area contributed by atoms with Crippen LogP contribution in [-0.2, 0) is 6.54 Å². The Morgan fingerprint density at radius 3 is 2.88 bits per heavy atom. The first-order valence-electron chi connectivity index (χ1n) is 9.11. The number of anilines is 1. The van der Waals surface area contributed by atoms with Crippen LogP contribution in [0.5, 0.6) is 5.88 Å².